The number of anilines is 2. The smallest absolute Gasteiger partial charge is 0.337 e. The Hall–Kier alpha value is -4.09. The molecule has 1 aliphatic rings. The van der Waals surface area contributed by atoms with Crippen molar-refractivity contribution < 1.29 is 29.0 Å². The number of nitrogens with zero attached hydrogens (tertiary/aromatic N) is 1. The number of benzene rings is 1. The molecule has 0 saturated carbocycles. The van der Waals surface area contributed by atoms with E-state index in [9.17, 15) is 19.2 Å². The lowest BCUT2D eigenvalue weighted by Crippen LogP contribution is -2.26. The molecule has 0 amide bonds. The summed E-state index contributed by atoms with van der Waals surface area (Å²) in [5, 5.41) is 14.7. The number of nitrogens with one attached hydrogen (secondary N) is 2. The Bertz CT molecular complexity index is 1130. The SMILES string of the molecule is NCCNc1ccc(NCCN)c2c1C(=O)c1cnc(OC(=O)/C=C/C(=O)O)cc1C2=O. The van der Waals surface area contributed by atoms with Gasteiger partial charge in [0.2, 0.25) is 5.88 Å². The Balaban J connectivity index is 2.04. The van der Waals surface area contributed by atoms with E-state index < -0.39 is 23.5 Å². The van der Waals surface area contributed by atoms with Crippen LogP contribution in [0, 0.1) is 0 Å². The molecule has 1 aromatic heterocycles. The number of carbonyl (C=O) groups excluding carboxylic acids is 3. The number of hydrogen-bond donors (Lipinski definition) is 5. The molecule has 0 aliphatic heterocycles. The lowest BCUT2D eigenvalue weighted by atomic mass is 9.83. The summed E-state index contributed by atoms with van der Waals surface area (Å²) in [4.78, 5) is 52.8. The summed E-state index contributed by atoms with van der Waals surface area (Å²) < 4.78 is 4.95. The highest BCUT2D eigenvalue weighted by Crippen LogP contribution is 2.37. The summed E-state index contributed by atoms with van der Waals surface area (Å²) in [6.45, 7) is 1.42. The minimum atomic E-state index is -1.32. The average Bonchev–Trinajstić information content (AvgIpc) is 2.78. The van der Waals surface area contributed by atoms with Gasteiger partial charge in [-0.15, -0.1) is 0 Å². The Morgan fingerprint density at radius 2 is 1.53 bits per heavy atom. The molecule has 0 unspecified atom stereocenters. The predicted octanol–water partition coefficient (Wildman–Crippen LogP) is 0.144. The van der Waals surface area contributed by atoms with Crippen molar-refractivity contribution in [1.82, 2.24) is 4.98 Å². The van der Waals surface area contributed by atoms with Crippen LogP contribution in [-0.4, -0.2) is 59.8 Å². The average molecular weight is 439 g/mol. The minimum absolute atomic E-state index is 0.00860. The third kappa shape index (κ3) is 4.63. The summed E-state index contributed by atoms with van der Waals surface area (Å²) in [5.41, 5.74) is 12.4. The monoisotopic (exact) mass is 439 g/mol. The van der Waals surface area contributed by atoms with Gasteiger partial charge in [-0.05, 0) is 12.1 Å². The van der Waals surface area contributed by atoms with Gasteiger partial charge in [0, 0.05) is 67.5 Å². The minimum Gasteiger partial charge on any atom is -0.478 e. The van der Waals surface area contributed by atoms with Crippen molar-refractivity contribution in [2.75, 3.05) is 36.8 Å². The topological polar surface area (TPSA) is 187 Å². The molecule has 11 heteroatoms. The number of pyridine rings is 1. The van der Waals surface area contributed by atoms with Gasteiger partial charge < -0.3 is 31.9 Å². The second kappa shape index (κ2) is 9.81. The van der Waals surface area contributed by atoms with Gasteiger partial charge in [-0.1, -0.05) is 0 Å². The van der Waals surface area contributed by atoms with E-state index >= 15 is 0 Å². The van der Waals surface area contributed by atoms with E-state index in [1.165, 1.54) is 6.07 Å². The number of rotatable bonds is 9. The summed E-state index contributed by atoms with van der Waals surface area (Å²) in [7, 11) is 0. The molecule has 2 aromatic rings. The third-order valence-corrected chi connectivity index (χ3v) is 4.51. The first-order valence-electron chi connectivity index (χ1n) is 9.64. The highest BCUT2D eigenvalue weighted by atomic mass is 16.5. The lowest BCUT2D eigenvalue weighted by molar-refractivity contribution is -0.133. The highest BCUT2D eigenvalue weighted by molar-refractivity contribution is 6.31. The van der Waals surface area contributed by atoms with Crippen molar-refractivity contribution in [2.24, 2.45) is 11.5 Å². The number of aromatic nitrogens is 1. The van der Waals surface area contributed by atoms with Crippen LogP contribution in [0.2, 0.25) is 0 Å². The number of carbonyl (C=O) groups is 4. The van der Waals surface area contributed by atoms with E-state index in [1.807, 2.05) is 0 Å². The molecule has 0 radical (unpaired) electrons. The Morgan fingerprint density at radius 1 is 0.969 bits per heavy atom. The lowest BCUT2D eigenvalue weighted by Gasteiger charge is -2.23. The second-order valence-electron chi connectivity index (χ2n) is 6.66. The molecule has 7 N–H and O–H groups in total. The zero-order chi connectivity index (χ0) is 23.3. The van der Waals surface area contributed by atoms with Crippen LogP contribution >= 0.6 is 0 Å². The molecule has 1 heterocycles. The fraction of sp³-hybridized carbons (Fsp3) is 0.190. The number of nitrogens with two attached hydrogens (primary N) is 2. The van der Waals surface area contributed by atoms with Crippen molar-refractivity contribution >= 4 is 34.9 Å². The summed E-state index contributed by atoms with van der Waals surface area (Å²) in [6.07, 6.45) is 2.46. The summed E-state index contributed by atoms with van der Waals surface area (Å²) in [6, 6.07) is 4.53. The first-order valence-corrected chi connectivity index (χ1v) is 9.64. The maximum Gasteiger partial charge on any atom is 0.337 e. The molecule has 3 rings (SSSR count). The maximum absolute atomic E-state index is 13.4. The molecule has 11 nitrogen and oxygen atoms in total. The van der Waals surface area contributed by atoms with Crippen LogP contribution in [0.15, 0.2) is 36.5 Å². The normalized spacial score (nSPS) is 12.3. The third-order valence-electron chi connectivity index (χ3n) is 4.51. The number of carboxylic acids is 1. The molecule has 166 valence electrons. The highest BCUT2D eigenvalue weighted by Gasteiger charge is 2.35. The quantitative estimate of drug-likeness (QED) is 0.225. The zero-order valence-electron chi connectivity index (χ0n) is 16.9. The maximum atomic E-state index is 13.4. The van der Waals surface area contributed by atoms with Gasteiger partial charge in [-0.3, -0.25) is 9.59 Å². The van der Waals surface area contributed by atoms with Crippen molar-refractivity contribution in [2.45, 2.75) is 0 Å². The Morgan fingerprint density at radius 3 is 2.06 bits per heavy atom. The van der Waals surface area contributed by atoms with Gasteiger partial charge in [0.05, 0.1) is 16.7 Å². The summed E-state index contributed by atoms with van der Waals surface area (Å²) in [5.74, 6) is -3.46. The Kier molecular flexibility index (Phi) is 6.93. The van der Waals surface area contributed by atoms with E-state index in [0.29, 0.717) is 49.7 Å². The molecule has 0 fully saturated rings. The molecule has 1 aliphatic carbocycles. The molecule has 0 saturated heterocycles. The zero-order valence-corrected chi connectivity index (χ0v) is 16.9. The first kappa shape index (κ1) is 22.6. The van der Waals surface area contributed by atoms with E-state index in [2.05, 4.69) is 15.6 Å². The number of fused-ring (bicyclic) bond motifs is 2. The molecule has 0 atom stereocenters. The van der Waals surface area contributed by atoms with Crippen LogP contribution in [0.4, 0.5) is 11.4 Å². The molecule has 0 bridgehead atoms. The number of aliphatic carboxylic acids is 1. The standard InChI is InChI=1S/C21H21N5O6/c22-5-7-24-13-1-2-14(25-8-6-23)19-18(13)20(30)11-9-15(26-10-12(11)21(19)31)32-17(29)4-3-16(27)28/h1-4,9-10,24-25H,5-8,22-23H2,(H,27,28)/b4-3+. The fourth-order valence-electron chi connectivity index (χ4n) is 3.19. The van der Waals surface area contributed by atoms with Gasteiger partial charge in [-0.25, -0.2) is 14.6 Å². The number of ether oxygens (including phenoxy) is 1. The van der Waals surface area contributed by atoms with Crippen molar-refractivity contribution in [3.63, 3.8) is 0 Å². The molecule has 1 aromatic carbocycles. The number of ketones is 2. The van der Waals surface area contributed by atoms with E-state index in [1.54, 1.807) is 12.1 Å². The van der Waals surface area contributed by atoms with Gasteiger partial charge >= 0.3 is 11.9 Å². The molecular formula is C21H21N5O6. The van der Waals surface area contributed by atoms with Crippen LogP contribution in [0.5, 0.6) is 5.88 Å². The van der Waals surface area contributed by atoms with E-state index in [-0.39, 0.29) is 28.1 Å². The Labute approximate surface area is 182 Å². The molecule has 32 heavy (non-hydrogen) atoms. The second-order valence-corrected chi connectivity index (χ2v) is 6.66. The van der Waals surface area contributed by atoms with Gasteiger partial charge in [-0.2, -0.15) is 0 Å². The van der Waals surface area contributed by atoms with Crippen LogP contribution in [0.3, 0.4) is 0 Å². The van der Waals surface area contributed by atoms with E-state index in [4.69, 9.17) is 21.3 Å². The fourth-order valence-corrected chi connectivity index (χ4v) is 3.19. The van der Waals surface area contributed by atoms with Gasteiger partial charge in [0.1, 0.15) is 0 Å². The van der Waals surface area contributed by atoms with Gasteiger partial charge in [0.25, 0.3) is 0 Å². The number of hydrogen-bond acceptors (Lipinski definition) is 10. The van der Waals surface area contributed by atoms with Crippen LogP contribution < -0.4 is 26.8 Å². The van der Waals surface area contributed by atoms with Crippen molar-refractivity contribution in [3.8, 4) is 5.88 Å². The number of carboxylic acid groups (broad SMARTS) is 1. The summed E-state index contributed by atoms with van der Waals surface area (Å²) >= 11 is 0. The number of esters is 1. The van der Waals surface area contributed by atoms with Crippen LogP contribution in [0.1, 0.15) is 31.8 Å². The van der Waals surface area contributed by atoms with Crippen molar-refractivity contribution in [1.29, 1.82) is 0 Å². The predicted molar refractivity (Wildman–Crippen MR) is 115 cm³/mol. The van der Waals surface area contributed by atoms with E-state index in [0.717, 1.165) is 6.20 Å². The largest absolute Gasteiger partial charge is 0.478 e. The molecular weight excluding hydrogens is 418 g/mol. The molecule has 0 spiro atoms. The van der Waals surface area contributed by atoms with Gasteiger partial charge in [0.15, 0.2) is 11.6 Å². The van der Waals surface area contributed by atoms with Crippen molar-refractivity contribution in [3.05, 3.63) is 58.8 Å². The van der Waals surface area contributed by atoms with Crippen LogP contribution in [-0.2, 0) is 9.59 Å². The first-order chi connectivity index (χ1) is 15.4. The van der Waals surface area contributed by atoms with Crippen LogP contribution in [0.25, 0.3) is 0 Å².